The molecule has 0 aromatic carbocycles. The summed E-state index contributed by atoms with van der Waals surface area (Å²) in [4.78, 5) is 29.1. The van der Waals surface area contributed by atoms with Gasteiger partial charge >= 0.3 is 0 Å². The highest BCUT2D eigenvalue weighted by molar-refractivity contribution is 7.71. The lowest BCUT2D eigenvalue weighted by atomic mass is 10.3. The third kappa shape index (κ3) is 2.83. The van der Waals surface area contributed by atoms with E-state index in [0.717, 1.165) is 5.52 Å². The quantitative estimate of drug-likeness (QED) is 0.863. The molecular weight excluding hydrogens is 294 g/mol. The molecular formula is C13H17N3O2S2. The minimum absolute atomic E-state index is 0.0441. The Morgan fingerprint density at radius 2 is 2.15 bits per heavy atom. The molecule has 7 heteroatoms. The van der Waals surface area contributed by atoms with Gasteiger partial charge in [0.15, 0.2) is 4.77 Å². The van der Waals surface area contributed by atoms with Gasteiger partial charge in [0.2, 0.25) is 5.91 Å². The van der Waals surface area contributed by atoms with Gasteiger partial charge < -0.3 is 9.88 Å². The molecule has 0 spiro atoms. The number of thiophene rings is 1. The lowest BCUT2D eigenvalue weighted by Crippen LogP contribution is -2.32. The van der Waals surface area contributed by atoms with Gasteiger partial charge in [-0.2, -0.15) is 0 Å². The Morgan fingerprint density at radius 1 is 1.45 bits per heavy atom. The van der Waals surface area contributed by atoms with E-state index in [-0.39, 0.29) is 17.9 Å². The predicted molar refractivity (Wildman–Crippen MR) is 83.8 cm³/mol. The number of fused-ring (bicyclic) bond motifs is 1. The molecule has 2 heterocycles. The SMILES string of the molecule is CCN(CC)C(=O)CCn1c(=S)[nH]c2ccsc2c1=O. The maximum Gasteiger partial charge on any atom is 0.272 e. The largest absolute Gasteiger partial charge is 0.343 e. The lowest BCUT2D eigenvalue weighted by molar-refractivity contribution is -0.131. The van der Waals surface area contributed by atoms with E-state index in [2.05, 4.69) is 4.98 Å². The Labute approximate surface area is 125 Å². The number of aromatic amines is 1. The summed E-state index contributed by atoms with van der Waals surface area (Å²) in [6.07, 6.45) is 0.288. The van der Waals surface area contributed by atoms with Crippen molar-refractivity contribution >= 4 is 39.7 Å². The van der Waals surface area contributed by atoms with Gasteiger partial charge in [-0.15, -0.1) is 11.3 Å². The van der Waals surface area contributed by atoms with Crippen LogP contribution in [0, 0.1) is 4.77 Å². The molecule has 1 N–H and O–H groups in total. The summed E-state index contributed by atoms with van der Waals surface area (Å²) in [6, 6.07) is 1.84. The van der Waals surface area contributed by atoms with Gasteiger partial charge in [-0.3, -0.25) is 14.2 Å². The van der Waals surface area contributed by atoms with E-state index in [1.165, 1.54) is 15.9 Å². The zero-order valence-corrected chi connectivity index (χ0v) is 13.1. The topological polar surface area (TPSA) is 58.1 Å². The summed E-state index contributed by atoms with van der Waals surface area (Å²) < 4.78 is 2.48. The second-order valence-electron chi connectivity index (χ2n) is 4.37. The molecule has 0 aliphatic rings. The van der Waals surface area contributed by atoms with Crippen molar-refractivity contribution in [2.24, 2.45) is 0 Å². The molecule has 0 radical (unpaired) electrons. The highest BCUT2D eigenvalue weighted by Crippen LogP contribution is 2.14. The summed E-state index contributed by atoms with van der Waals surface area (Å²) in [5.41, 5.74) is 0.641. The number of hydrogen-bond acceptors (Lipinski definition) is 4. The Bertz CT molecular complexity index is 725. The van der Waals surface area contributed by atoms with E-state index in [9.17, 15) is 9.59 Å². The van der Waals surface area contributed by atoms with Crippen LogP contribution in [0.5, 0.6) is 0 Å². The molecule has 0 fully saturated rings. The van der Waals surface area contributed by atoms with E-state index in [1.54, 1.807) is 4.90 Å². The lowest BCUT2D eigenvalue weighted by Gasteiger charge is -2.18. The number of nitrogens with one attached hydrogen (secondary N) is 1. The predicted octanol–water partition coefficient (Wildman–Crippen LogP) is 2.38. The number of carbonyl (C=O) groups excluding carboxylic acids is 1. The van der Waals surface area contributed by atoms with Crippen molar-refractivity contribution in [1.29, 1.82) is 0 Å². The number of rotatable bonds is 5. The van der Waals surface area contributed by atoms with Gasteiger partial charge in [-0.25, -0.2) is 0 Å². The van der Waals surface area contributed by atoms with Crippen LogP contribution < -0.4 is 5.56 Å². The van der Waals surface area contributed by atoms with Gasteiger partial charge in [0.25, 0.3) is 5.56 Å². The summed E-state index contributed by atoms with van der Waals surface area (Å²) in [7, 11) is 0. The fraction of sp³-hybridized carbons (Fsp3) is 0.462. The molecule has 20 heavy (non-hydrogen) atoms. The zero-order valence-electron chi connectivity index (χ0n) is 11.5. The van der Waals surface area contributed by atoms with E-state index in [1.807, 2.05) is 25.3 Å². The van der Waals surface area contributed by atoms with Crippen LogP contribution in [-0.4, -0.2) is 33.4 Å². The maximum atomic E-state index is 12.3. The fourth-order valence-corrected chi connectivity index (χ4v) is 3.20. The third-order valence-electron chi connectivity index (χ3n) is 3.26. The smallest absolute Gasteiger partial charge is 0.272 e. The van der Waals surface area contributed by atoms with Gasteiger partial charge in [-0.1, -0.05) is 0 Å². The fourth-order valence-electron chi connectivity index (χ4n) is 2.12. The van der Waals surface area contributed by atoms with Crippen molar-refractivity contribution in [3.05, 3.63) is 26.6 Å². The molecule has 0 atom stereocenters. The van der Waals surface area contributed by atoms with E-state index in [4.69, 9.17) is 12.2 Å². The van der Waals surface area contributed by atoms with Crippen LogP contribution in [0.2, 0.25) is 0 Å². The van der Waals surface area contributed by atoms with Crippen molar-refractivity contribution in [3.8, 4) is 0 Å². The van der Waals surface area contributed by atoms with Crippen LogP contribution in [-0.2, 0) is 11.3 Å². The van der Waals surface area contributed by atoms with Gasteiger partial charge in [0, 0.05) is 26.1 Å². The number of nitrogens with zero attached hydrogens (tertiary/aromatic N) is 2. The molecule has 0 aliphatic carbocycles. The number of H-pyrrole nitrogens is 1. The number of carbonyl (C=O) groups is 1. The molecule has 0 saturated heterocycles. The van der Waals surface area contributed by atoms with E-state index < -0.39 is 0 Å². The molecule has 2 aromatic heterocycles. The maximum absolute atomic E-state index is 12.3. The first-order valence-corrected chi connectivity index (χ1v) is 7.85. The van der Waals surface area contributed by atoms with Crippen molar-refractivity contribution < 1.29 is 4.79 Å². The number of amides is 1. The standard InChI is InChI=1S/C13H17N3O2S2/c1-3-15(4-2)10(17)5-7-16-12(18)11-9(6-8-20-11)14-13(16)19/h6,8H,3-5,7H2,1-2H3,(H,14,19). The normalized spacial score (nSPS) is 10.9. The van der Waals surface area contributed by atoms with Crippen LogP contribution in [0.3, 0.4) is 0 Å². The Hall–Kier alpha value is -1.47. The van der Waals surface area contributed by atoms with Gasteiger partial charge in [-0.05, 0) is 37.5 Å². The first kappa shape index (κ1) is 14.9. The highest BCUT2D eigenvalue weighted by atomic mass is 32.1. The highest BCUT2D eigenvalue weighted by Gasteiger charge is 2.12. The molecule has 5 nitrogen and oxygen atoms in total. The second-order valence-corrected chi connectivity index (χ2v) is 5.67. The minimum Gasteiger partial charge on any atom is -0.343 e. The van der Waals surface area contributed by atoms with Crippen molar-refractivity contribution in [3.63, 3.8) is 0 Å². The van der Waals surface area contributed by atoms with Gasteiger partial charge in [0.05, 0.1) is 5.52 Å². The van der Waals surface area contributed by atoms with Gasteiger partial charge in [0.1, 0.15) is 4.70 Å². The molecule has 0 unspecified atom stereocenters. The summed E-state index contributed by atoms with van der Waals surface area (Å²) >= 11 is 6.57. The van der Waals surface area contributed by atoms with Crippen LogP contribution in [0.1, 0.15) is 20.3 Å². The third-order valence-corrected chi connectivity index (χ3v) is 4.48. The molecule has 108 valence electrons. The van der Waals surface area contributed by atoms with Crippen LogP contribution >= 0.6 is 23.6 Å². The van der Waals surface area contributed by atoms with Crippen molar-refractivity contribution in [2.75, 3.05) is 13.1 Å². The first-order chi connectivity index (χ1) is 9.58. The van der Waals surface area contributed by atoms with Crippen LogP contribution in [0.25, 0.3) is 10.2 Å². The van der Waals surface area contributed by atoms with Crippen LogP contribution in [0.15, 0.2) is 16.2 Å². The Balaban J connectivity index is 2.24. The monoisotopic (exact) mass is 311 g/mol. The van der Waals surface area contributed by atoms with Crippen LogP contribution in [0.4, 0.5) is 0 Å². The number of hydrogen-bond donors (Lipinski definition) is 1. The molecule has 0 bridgehead atoms. The first-order valence-electron chi connectivity index (χ1n) is 6.56. The summed E-state index contributed by atoms with van der Waals surface area (Å²) in [5.74, 6) is 0.0441. The average molecular weight is 311 g/mol. The second kappa shape index (κ2) is 6.32. The Kier molecular flexibility index (Phi) is 4.72. The molecule has 0 saturated carbocycles. The summed E-state index contributed by atoms with van der Waals surface area (Å²) in [5, 5.41) is 1.85. The van der Waals surface area contributed by atoms with Crippen molar-refractivity contribution in [2.45, 2.75) is 26.8 Å². The van der Waals surface area contributed by atoms with E-state index >= 15 is 0 Å². The average Bonchev–Trinajstić information content (AvgIpc) is 2.88. The molecule has 2 rings (SSSR count). The van der Waals surface area contributed by atoms with E-state index in [0.29, 0.717) is 29.1 Å². The Morgan fingerprint density at radius 3 is 2.80 bits per heavy atom. The summed E-state index contributed by atoms with van der Waals surface area (Å²) in [6.45, 7) is 5.56. The molecule has 1 amide bonds. The van der Waals surface area contributed by atoms with Crippen molar-refractivity contribution in [1.82, 2.24) is 14.5 Å². The molecule has 0 aliphatic heterocycles. The number of aromatic nitrogens is 2. The minimum atomic E-state index is -0.119. The zero-order chi connectivity index (χ0) is 14.7. The molecule has 2 aromatic rings.